The maximum Gasteiger partial charge on any atom is 0.489 e. The molecule has 4 heteroatoms. The third kappa shape index (κ3) is 2.23. The predicted octanol–water partition coefficient (Wildman–Crippen LogP) is 1.05. The summed E-state index contributed by atoms with van der Waals surface area (Å²) in [5.41, 5.74) is 4.26. The lowest BCUT2D eigenvalue weighted by Gasteiger charge is -2.13. The second kappa shape index (κ2) is 4.69. The summed E-state index contributed by atoms with van der Waals surface area (Å²) < 4.78 is 0. The number of aromatic nitrogens is 1. The Hall–Kier alpha value is -1.65. The zero-order valence-corrected chi connectivity index (χ0v) is 9.88. The zero-order chi connectivity index (χ0) is 12.4. The lowest BCUT2D eigenvalue weighted by Crippen LogP contribution is -2.31. The van der Waals surface area contributed by atoms with Crippen molar-refractivity contribution in [2.24, 2.45) is 0 Å². The summed E-state index contributed by atoms with van der Waals surface area (Å²) in [6.45, 7) is 3.91. The molecule has 1 aromatic carbocycles. The van der Waals surface area contributed by atoms with E-state index in [0.717, 1.165) is 22.4 Å². The fraction of sp³-hybridized carbons (Fsp3) is 0.154. The van der Waals surface area contributed by atoms with Crippen molar-refractivity contribution in [3.8, 4) is 11.1 Å². The van der Waals surface area contributed by atoms with Gasteiger partial charge in [-0.1, -0.05) is 24.3 Å². The molecule has 0 aliphatic carbocycles. The van der Waals surface area contributed by atoms with E-state index in [9.17, 15) is 10.0 Å². The van der Waals surface area contributed by atoms with Gasteiger partial charge < -0.3 is 10.0 Å². The minimum atomic E-state index is -1.47. The molecule has 0 saturated carbocycles. The summed E-state index contributed by atoms with van der Waals surface area (Å²) in [6.07, 6.45) is 1.76. The first-order valence-corrected chi connectivity index (χ1v) is 5.49. The smallest absolute Gasteiger partial charge is 0.423 e. The van der Waals surface area contributed by atoms with E-state index in [-0.39, 0.29) is 0 Å². The molecule has 0 atom stereocenters. The molecule has 0 fully saturated rings. The summed E-state index contributed by atoms with van der Waals surface area (Å²) in [6, 6.07) is 9.19. The number of nitrogens with zero attached hydrogens (tertiary/aromatic N) is 1. The van der Waals surface area contributed by atoms with Gasteiger partial charge in [0, 0.05) is 17.5 Å². The normalized spacial score (nSPS) is 10.4. The third-order valence-corrected chi connectivity index (χ3v) is 2.86. The molecule has 0 saturated heterocycles. The van der Waals surface area contributed by atoms with Gasteiger partial charge in [-0.15, -0.1) is 0 Å². The van der Waals surface area contributed by atoms with Crippen LogP contribution in [0.15, 0.2) is 36.5 Å². The molecule has 0 aliphatic rings. The van der Waals surface area contributed by atoms with Crippen LogP contribution in [0.1, 0.15) is 11.3 Å². The van der Waals surface area contributed by atoms with E-state index in [2.05, 4.69) is 4.98 Å². The highest BCUT2D eigenvalue weighted by atomic mass is 16.4. The molecule has 0 unspecified atom stereocenters. The van der Waals surface area contributed by atoms with Gasteiger partial charge in [0.1, 0.15) is 0 Å². The molecule has 17 heavy (non-hydrogen) atoms. The van der Waals surface area contributed by atoms with Crippen LogP contribution in [0, 0.1) is 13.8 Å². The fourth-order valence-electron chi connectivity index (χ4n) is 2.05. The SMILES string of the molecule is Cc1ccnc(C)c1-c1ccccc1B(O)O. The highest BCUT2D eigenvalue weighted by Gasteiger charge is 2.18. The Bertz CT molecular complexity index is 520. The minimum Gasteiger partial charge on any atom is -0.423 e. The van der Waals surface area contributed by atoms with Crippen molar-refractivity contribution in [1.29, 1.82) is 0 Å². The molecule has 0 spiro atoms. The van der Waals surface area contributed by atoms with Crippen LogP contribution in [0.4, 0.5) is 0 Å². The average molecular weight is 227 g/mol. The monoisotopic (exact) mass is 227 g/mol. The first kappa shape index (κ1) is 11.8. The van der Waals surface area contributed by atoms with E-state index >= 15 is 0 Å². The Morgan fingerprint density at radius 1 is 1.06 bits per heavy atom. The number of pyridine rings is 1. The molecule has 1 aromatic heterocycles. The number of hydrogen-bond donors (Lipinski definition) is 2. The van der Waals surface area contributed by atoms with Crippen molar-refractivity contribution in [3.05, 3.63) is 47.8 Å². The second-order valence-electron chi connectivity index (χ2n) is 4.05. The first-order chi connectivity index (χ1) is 8.11. The van der Waals surface area contributed by atoms with Gasteiger partial charge in [0.05, 0.1) is 0 Å². The first-order valence-electron chi connectivity index (χ1n) is 5.49. The summed E-state index contributed by atoms with van der Waals surface area (Å²) in [5, 5.41) is 18.8. The predicted molar refractivity (Wildman–Crippen MR) is 69.0 cm³/mol. The van der Waals surface area contributed by atoms with Gasteiger partial charge in [0.15, 0.2) is 0 Å². The molecule has 0 radical (unpaired) electrons. The molecule has 0 amide bonds. The maximum absolute atomic E-state index is 9.38. The van der Waals surface area contributed by atoms with Crippen LogP contribution in [0.5, 0.6) is 0 Å². The summed E-state index contributed by atoms with van der Waals surface area (Å²) in [4.78, 5) is 4.25. The largest absolute Gasteiger partial charge is 0.489 e. The standard InChI is InChI=1S/C13H14BNO2/c1-9-7-8-15-10(2)13(9)11-5-3-4-6-12(11)14(16)17/h3-8,16-17H,1-2H3. The highest BCUT2D eigenvalue weighted by Crippen LogP contribution is 2.24. The van der Waals surface area contributed by atoms with Gasteiger partial charge in [-0.25, -0.2) is 0 Å². The third-order valence-electron chi connectivity index (χ3n) is 2.86. The minimum absolute atomic E-state index is 0.506. The maximum atomic E-state index is 9.38. The van der Waals surface area contributed by atoms with Gasteiger partial charge in [0.2, 0.25) is 0 Å². The molecule has 1 heterocycles. The fourth-order valence-corrected chi connectivity index (χ4v) is 2.05. The van der Waals surface area contributed by atoms with Crippen molar-refractivity contribution >= 4 is 12.6 Å². The van der Waals surface area contributed by atoms with Gasteiger partial charge in [0.25, 0.3) is 0 Å². The van der Waals surface area contributed by atoms with Crippen LogP contribution in [0.25, 0.3) is 11.1 Å². The second-order valence-corrected chi connectivity index (χ2v) is 4.05. The van der Waals surface area contributed by atoms with E-state index in [1.54, 1.807) is 18.3 Å². The van der Waals surface area contributed by atoms with E-state index in [1.807, 2.05) is 32.0 Å². The Morgan fingerprint density at radius 2 is 1.76 bits per heavy atom. The number of aryl methyl sites for hydroxylation is 2. The molecule has 2 aromatic rings. The number of rotatable bonds is 2. The zero-order valence-electron chi connectivity index (χ0n) is 9.88. The molecule has 2 N–H and O–H groups in total. The summed E-state index contributed by atoms with van der Waals surface area (Å²) in [5.74, 6) is 0. The van der Waals surface area contributed by atoms with Crippen molar-refractivity contribution < 1.29 is 10.0 Å². The lowest BCUT2D eigenvalue weighted by atomic mass is 9.75. The lowest BCUT2D eigenvalue weighted by molar-refractivity contribution is 0.426. The van der Waals surface area contributed by atoms with Crippen molar-refractivity contribution in [2.75, 3.05) is 0 Å². The Kier molecular flexibility index (Phi) is 3.27. The Balaban J connectivity index is 2.69. The van der Waals surface area contributed by atoms with Crippen molar-refractivity contribution in [3.63, 3.8) is 0 Å². The van der Waals surface area contributed by atoms with Crippen LogP contribution >= 0.6 is 0 Å². The quantitative estimate of drug-likeness (QED) is 0.754. The van der Waals surface area contributed by atoms with E-state index in [1.165, 1.54) is 0 Å². The van der Waals surface area contributed by atoms with Gasteiger partial charge in [-0.05, 0) is 36.5 Å². The van der Waals surface area contributed by atoms with Crippen LogP contribution in [-0.2, 0) is 0 Å². The topological polar surface area (TPSA) is 53.4 Å². The van der Waals surface area contributed by atoms with Crippen LogP contribution in [0.2, 0.25) is 0 Å². The molecule has 0 aliphatic heterocycles. The number of hydrogen-bond acceptors (Lipinski definition) is 3. The van der Waals surface area contributed by atoms with Gasteiger partial charge in [-0.2, -0.15) is 0 Å². The summed E-state index contributed by atoms with van der Waals surface area (Å²) >= 11 is 0. The molecule has 86 valence electrons. The van der Waals surface area contributed by atoms with Crippen molar-refractivity contribution in [2.45, 2.75) is 13.8 Å². The van der Waals surface area contributed by atoms with E-state index < -0.39 is 7.12 Å². The van der Waals surface area contributed by atoms with Gasteiger partial charge in [-0.3, -0.25) is 4.98 Å². The van der Waals surface area contributed by atoms with E-state index in [4.69, 9.17) is 0 Å². The molecule has 2 rings (SSSR count). The molecular weight excluding hydrogens is 213 g/mol. The highest BCUT2D eigenvalue weighted by molar-refractivity contribution is 6.60. The molecule has 0 bridgehead atoms. The Labute approximate surface area is 101 Å². The average Bonchev–Trinajstić information content (AvgIpc) is 2.29. The Morgan fingerprint density at radius 3 is 2.41 bits per heavy atom. The van der Waals surface area contributed by atoms with Crippen molar-refractivity contribution in [1.82, 2.24) is 4.98 Å². The number of benzene rings is 1. The molecule has 3 nitrogen and oxygen atoms in total. The van der Waals surface area contributed by atoms with E-state index in [0.29, 0.717) is 5.46 Å². The van der Waals surface area contributed by atoms with Gasteiger partial charge >= 0.3 is 7.12 Å². The molecular formula is C13H14BNO2. The van der Waals surface area contributed by atoms with Crippen LogP contribution < -0.4 is 5.46 Å². The van der Waals surface area contributed by atoms with Crippen LogP contribution in [-0.4, -0.2) is 22.2 Å². The van der Waals surface area contributed by atoms with Crippen LogP contribution in [0.3, 0.4) is 0 Å². The summed E-state index contributed by atoms with van der Waals surface area (Å²) in [7, 11) is -1.47.